The van der Waals surface area contributed by atoms with Crippen molar-refractivity contribution in [1.82, 2.24) is 0 Å². The molecule has 1 aromatic heterocycles. The molecule has 1 heterocycles. The lowest BCUT2D eigenvalue weighted by Gasteiger charge is -2.02. The van der Waals surface area contributed by atoms with E-state index in [1.807, 2.05) is 12.1 Å². The van der Waals surface area contributed by atoms with Crippen molar-refractivity contribution in [3.8, 4) is 0 Å². The second kappa shape index (κ2) is 5.77. The van der Waals surface area contributed by atoms with E-state index < -0.39 is 16.8 Å². The highest BCUT2D eigenvalue weighted by molar-refractivity contribution is 9.10. The van der Waals surface area contributed by atoms with Gasteiger partial charge in [0.05, 0.1) is 16.6 Å². The van der Waals surface area contributed by atoms with Crippen molar-refractivity contribution < 1.29 is 14.1 Å². The highest BCUT2D eigenvalue weighted by atomic mass is 79.9. The van der Waals surface area contributed by atoms with E-state index in [1.54, 1.807) is 23.6 Å². The van der Waals surface area contributed by atoms with Gasteiger partial charge < -0.3 is 5.11 Å². The number of carboxylic acid groups (broad SMARTS) is 1. The topological polar surface area (TPSA) is 54.4 Å². The molecule has 3 nitrogen and oxygen atoms in total. The number of hydrogen-bond donors (Lipinski definition) is 1. The van der Waals surface area contributed by atoms with E-state index in [-0.39, 0.29) is 10.6 Å². The van der Waals surface area contributed by atoms with Crippen LogP contribution in [0.4, 0.5) is 0 Å². The van der Waals surface area contributed by atoms with Gasteiger partial charge in [0.1, 0.15) is 4.88 Å². The van der Waals surface area contributed by atoms with Gasteiger partial charge in [-0.3, -0.25) is 4.21 Å². The Kier molecular flexibility index (Phi) is 4.31. The first-order valence-corrected chi connectivity index (χ1v) is 8.00. The molecule has 1 unspecified atom stereocenters. The van der Waals surface area contributed by atoms with Crippen LogP contribution in [0.1, 0.15) is 15.2 Å². The molecule has 1 N–H and O–H groups in total. The van der Waals surface area contributed by atoms with Crippen LogP contribution in [0, 0.1) is 0 Å². The van der Waals surface area contributed by atoms with E-state index in [1.165, 1.54) is 0 Å². The maximum absolute atomic E-state index is 12.1. The zero-order chi connectivity index (χ0) is 13.1. The zero-order valence-electron chi connectivity index (χ0n) is 9.13. The molecule has 1 aromatic carbocycles. The molecule has 0 spiro atoms. The first-order chi connectivity index (χ1) is 8.58. The van der Waals surface area contributed by atoms with E-state index in [9.17, 15) is 9.00 Å². The molecule has 94 valence electrons. The highest BCUT2D eigenvalue weighted by Crippen LogP contribution is 2.21. The molecular weight excluding hydrogens is 336 g/mol. The summed E-state index contributed by atoms with van der Waals surface area (Å²) in [7, 11) is -1.23. The Bertz CT molecular complexity index is 590. The van der Waals surface area contributed by atoms with Crippen LogP contribution < -0.4 is 0 Å². The molecule has 0 aliphatic heterocycles. The fourth-order valence-corrected chi connectivity index (χ4v) is 3.69. The third-order valence-corrected chi connectivity index (χ3v) is 5.15. The Labute approximate surface area is 119 Å². The minimum Gasteiger partial charge on any atom is -0.477 e. The SMILES string of the molecule is O=C(O)c1sccc1CS(=O)c1ccc(Br)cc1. The fourth-order valence-electron chi connectivity index (χ4n) is 1.45. The largest absolute Gasteiger partial charge is 0.477 e. The van der Waals surface area contributed by atoms with Crippen molar-refractivity contribution >= 4 is 44.0 Å². The van der Waals surface area contributed by atoms with Gasteiger partial charge in [-0.2, -0.15) is 0 Å². The third kappa shape index (κ3) is 3.07. The molecule has 0 aliphatic rings. The minimum absolute atomic E-state index is 0.229. The quantitative estimate of drug-likeness (QED) is 0.923. The minimum atomic E-state index is -1.23. The van der Waals surface area contributed by atoms with E-state index >= 15 is 0 Å². The number of aromatic carboxylic acids is 1. The first-order valence-electron chi connectivity index (χ1n) is 5.01. The maximum atomic E-state index is 12.1. The van der Waals surface area contributed by atoms with Gasteiger partial charge in [0, 0.05) is 9.37 Å². The lowest BCUT2D eigenvalue weighted by Crippen LogP contribution is -2.01. The normalized spacial score (nSPS) is 12.3. The van der Waals surface area contributed by atoms with Crippen molar-refractivity contribution in [3.63, 3.8) is 0 Å². The Balaban J connectivity index is 2.19. The number of hydrogen-bond acceptors (Lipinski definition) is 3. The highest BCUT2D eigenvalue weighted by Gasteiger charge is 2.14. The third-order valence-electron chi connectivity index (χ3n) is 2.30. The standard InChI is InChI=1S/C12H9BrO3S2/c13-9-1-3-10(4-2-9)18(16)7-8-5-6-17-11(8)12(14)15/h1-6H,7H2,(H,14,15). The van der Waals surface area contributed by atoms with Crippen LogP contribution in [-0.4, -0.2) is 15.3 Å². The van der Waals surface area contributed by atoms with Crippen LogP contribution in [0.25, 0.3) is 0 Å². The molecule has 0 radical (unpaired) electrons. The summed E-state index contributed by atoms with van der Waals surface area (Å²) in [4.78, 5) is 11.9. The molecule has 6 heteroatoms. The Hall–Kier alpha value is -0.980. The van der Waals surface area contributed by atoms with Crippen LogP contribution in [0.15, 0.2) is 45.1 Å². The lowest BCUT2D eigenvalue weighted by molar-refractivity contribution is 0.0701. The predicted molar refractivity (Wildman–Crippen MR) is 75.5 cm³/mol. The average molecular weight is 345 g/mol. The Morgan fingerprint density at radius 3 is 2.56 bits per heavy atom. The second-order valence-electron chi connectivity index (χ2n) is 3.52. The second-order valence-corrected chi connectivity index (χ2v) is 6.81. The van der Waals surface area contributed by atoms with Crippen LogP contribution in [0.5, 0.6) is 0 Å². The van der Waals surface area contributed by atoms with Crippen molar-refractivity contribution in [2.45, 2.75) is 10.6 Å². The summed E-state index contributed by atoms with van der Waals surface area (Å²) in [6, 6.07) is 8.89. The van der Waals surface area contributed by atoms with Crippen LogP contribution >= 0.6 is 27.3 Å². The number of halogens is 1. The fraction of sp³-hybridized carbons (Fsp3) is 0.0833. The van der Waals surface area contributed by atoms with E-state index in [4.69, 9.17) is 5.11 Å². The van der Waals surface area contributed by atoms with Crippen molar-refractivity contribution in [3.05, 3.63) is 50.6 Å². The van der Waals surface area contributed by atoms with Gasteiger partial charge in [-0.15, -0.1) is 11.3 Å². The zero-order valence-corrected chi connectivity index (χ0v) is 12.3. The lowest BCUT2D eigenvalue weighted by atomic mass is 10.3. The molecule has 2 aromatic rings. The Morgan fingerprint density at radius 1 is 1.28 bits per heavy atom. The number of benzene rings is 1. The van der Waals surface area contributed by atoms with Crippen molar-refractivity contribution in [1.29, 1.82) is 0 Å². The molecule has 1 atom stereocenters. The van der Waals surface area contributed by atoms with Crippen molar-refractivity contribution in [2.75, 3.05) is 0 Å². The van der Waals surface area contributed by atoms with E-state index in [0.29, 0.717) is 10.5 Å². The average Bonchev–Trinajstić information content (AvgIpc) is 2.78. The van der Waals surface area contributed by atoms with Crippen molar-refractivity contribution in [2.24, 2.45) is 0 Å². The summed E-state index contributed by atoms with van der Waals surface area (Å²) in [5.74, 6) is -0.736. The molecule has 2 rings (SSSR count). The van der Waals surface area contributed by atoms with Crippen LogP contribution in [0.3, 0.4) is 0 Å². The summed E-state index contributed by atoms with van der Waals surface area (Å²) in [5, 5.41) is 10.7. The van der Waals surface area contributed by atoms with Crippen LogP contribution in [0.2, 0.25) is 0 Å². The summed E-state index contributed by atoms with van der Waals surface area (Å²) in [5.41, 5.74) is 0.619. The van der Waals surface area contributed by atoms with E-state index in [2.05, 4.69) is 15.9 Å². The van der Waals surface area contributed by atoms with Gasteiger partial charge >= 0.3 is 5.97 Å². The Morgan fingerprint density at radius 2 is 1.94 bits per heavy atom. The molecule has 0 saturated carbocycles. The van der Waals surface area contributed by atoms with Gasteiger partial charge in [0.25, 0.3) is 0 Å². The summed E-state index contributed by atoms with van der Waals surface area (Å²) in [6.07, 6.45) is 0. The number of rotatable bonds is 4. The van der Waals surface area contributed by atoms with Crippen LogP contribution in [-0.2, 0) is 16.6 Å². The van der Waals surface area contributed by atoms with Gasteiger partial charge in [-0.25, -0.2) is 4.79 Å². The predicted octanol–water partition coefficient (Wildman–Crippen LogP) is 3.52. The molecule has 0 saturated heterocycles. The number of thiophene rings is 1. The molecule has 0 bridgehead atoms. The van der Waals surface area contributed by atoms with Gasteiger partial charge in [-0.05, 0) is 41.3 Å². The molecule has 0 fully saturated rings. The molecule has 0 amide bonds. The smallest absolute Gasteiger partial charge is 0.346 e. The molecule has 0 aliphatic carbocycles. The number of carbonyl (C=O) groups is 1. The summed E-state index contributed by atoms with van der Waals surface area (Å²) < 4.78 is 13.0. The van der Waals surface area contributed by atoms with Gasteiger partial charge in [0.2, 0.25) is 0 Å². The summed E-state index contributed by atoms with van der Waals surface area (Å²) >= 11 is 4.47. The van der Waals surface area contributed by atoms with Gasteiger partial charge in [0.15, 0.2) is 0 Å². The summed E-state index contributed by atoms with van der Waals surface area (Å²) in [6.45, 7) is 0. The molecular formula is C12H9BrO3S2. The first kappa shape index (κ1) is 13.5. The maximum Gasteiger partial charge on any atom is 0.346 e. The molecule has 18 heavy (non-hydrogen) atoms. The van der Waals surface area contributed by atoms with E-state index in [0.717, 1.165) is 15.8 Å². The van der Waals surface area contributed by atoms with Gasteiger partial charge in [-0.1, -0.05) is 15.9 Å². The number of carboxylic acids is 1. The monoisotopic (exact) mass is 344 g/mol.